The molecule has 152 valence electrons. The van der Waals surface area contributed by atoms with Gasteiger partial charge in [-0.15, -0.1) is 0 Å². The van der Waals surface area contributed by atoms with Gasteiger partial charge in [0.05, 0.1) is 6.04 Å². The monoisotopic (exact) mass is 393 g/mol. The highest BCUT2D eigenvalue weighted by Gasteiger charge is 2.38. The SMILES string of the molecule is CN(C(=O)[C@H](N)Cc1c[nH]c2ccccc12)C(C)(C)C(=O)OCc1ccccc1. The number of amides is 1. The number of carbonyl (C=O) groups is 2. The van der Waals surface area contributed by atoms with E-state index >= 15 is 0 Å². The van der Waals surface area contributed by atoms with E-state index in [0.717, 1.165) is 22.0 Å². The average Bonchev–Trinajstić information content (AvgIpc) is 3.14. The summed E-state index contributed by atoms with van der Waals surface area (Å²) in [6.45, 7) is 3.49. The summed E-state index contributed by atoms with van der Waals surface area (Å²) < 4.78 is 5.43. The second-order valence-corrected chi connectivity index (χ2v) is 7.69. The van der Waals surface area contributed by atoms with Crippen molar-refractivity contribution in [3.63, 3.8) is 0 Å². The lowest BCUT2D eigenvalue weighted by Gasteiger charge is -2.34. The van der Waals surface area contributed by atoms with Crippen LogP contribution in [0.3, 0.4) is 0 Å². The normalized spacial score (nSPS) is 12.6. The number of nitrogens with zero attached hydrogens (tertiary/aromatic N) is 1. The number of carbonyl (C=O) groups excluding carboxylic acids is 2. The lowest BCUT2D eigenvalue weighted by atomic mass is 10.00. The van der Waals surface area contributed by atoms with E-state index in [9.17, 15) is 9.59 Å². The molecule has 3 rings (SSSR count). The zero-order chi connectivity index (χ0) is 21.0. The second-order valence-electron chi connectivity index (χ2n) is 7.69. The summed E-state index contributed by atoms with van der Waals surface area (Å²) in [6.07, 6.45) is 2.25. The lowest BCUT2D eigenvalue weighted by molar-refractivity contribution is -0.162. The molecular formula is C23H27N3O3. The number of H-pyrrole nitrogens is 1. The molecule has 0 fully saturated rings. The molecule has 3 aromatic rings. The van der Waals surface area contributed by atoms with Gasteiger partial charge >= 0.3 is 5.97 Å². The molecule has 0 radical (unpaired) electrons. The number of nitrogens with one attached hydrogen (secondary N) is 1. The van der Waals surface area contributed by atoms with E-state index < -0.39 is 17.6 Å². The minimum Gasteiger partial charge on any atom is -0.459 e. The molecular weight excluding hydrogens is 366 g/mol. The standard InChI is InChI=1S/C23H27N3O3/c1-23(2,22(28)29-15-16-9-5-4-6-10-16)26(3)21(27)19(24)13-17-14-25-20-12-8-7-11-18(17)20/h4-12,14,19,25H,13,15,24H2,1-3H3/t19-/m1/s1. The van der Waals surface area contributed by atoms with Crippen molar-refractivity contribution in [2.75, 3.05) is 7.05 Å². The van der Waals surface area contributed by atoms with Gasteiger partial charge < -0.3 is 20.4 Å². The number of benzene rings is 2. The Bertz CT molecular complexity index is 995. The van der Waals surface area contributed by atoms with Crippen molar-refractivity contribution in [2.45, 2.75) is 38.5 Å². The van der Waals surface area contributed by atoms with Gasteiger partial charge in [-0.1, -0.05) is 48.5 Å². The molecule has 0 saturated carbocycles. The van der Waals surface area contributed by atoms with Gasteiger partial charge in [0.25, 0.3) is 0 Å². The molecule has 0 spiro atoms. The number of hydrogen-bond donors (Lipinski definition) is 2. The largest absolute Gasteiger partial charge is 0.459 e. The summed E-state index contributed by atoms with van der Waals surface area (Å²) in [5.74, 6) is -0.784. The third kappa shape index (κ3) is 4.49. The van der Waals surface area contributed by atoms with Crippen molar-refractivity contribution in [1.82, 2.24) is 9.88 Å². The first-order chi connectivity index (χ1) is 13.8. The molecule has 0 aliphatic rings. The molecule has 1 aromatic heterocycles. The van der Waals surface area contributed by atoms with Crippen molar-refractivity contribution in [3.05, 3.63) is 71.9 Å². The van der Waals surface area contributed by atoms with Gasteiger partial charge in [-0.2, -0.15) is 0 Å². The van der Waals surface area contributed by atoms with E-state index in [2.05, 4.69) is 4.98 Å². The zero-order valence-electron chi connectivity index (χ0n) is 17.0. The summed E-state index contributed by atoms with van der Waals surface area (Å²) in [7, 11) is 1.58. The summed E-state index contributed by atoms with van der Waals surface area (Å²) in [5, 5.41) is 1.04. The van der Waals surface area contributed by atoms with Crippen LogP contribution in [0, 0.1) is 0 Å². The van der Waals surface area contributed by atoms with Crippen LogP contribution in [-0.4, -0.2) is 40.4 Å². The molecule has 6 nitrogen and oxygen atoms in total. The maximum Gasteiger partial charge on any atom is 0.331 e. The molecule has 1 heterocycles. The number of rotatable bonds is 7. The van der Waals surface area contributed by atoms with Gasteiger partial charge in [-0.05, 0) is 37.5 Å². The number of aromatic nitrogens is 1. The van der Waals surface area contributed by atoms with Crippen molar-refractivity contribution in [3.8, 4) is 0 Å². The Balaban J connectivity index is 1.64. The third-order valence-electron chi connectivity index (χ3n) is 5.31. The first-order valence-corrected chi connectivity index (χ1v) is 9.60. The molecule has 3 N–H and O–H groups in total. The highest BCUT2D eigenvalue weighted by molar-refractivity contribution is 5.90. The van der Waals surface area contributed by atoms with E-state index in [4.69, 9.17) is 10.5 Å². The number of hydrogen-bond acceptors (Lipinski definition) is 4. The number of esters is 1. The third-order valence-corrected chi connectivity index (χ3v) is 5.31. The number of ether oxygens (including phenoxy) is 1. The molecule has 1 atom stereocenters. The molecule has 0 saturated heterocycles. The smallest absolute Gasteiger partial charge is 0.331 e. The Morgan fingerprint density at radius 3 is 2.48 bits per heavy atom. The van der Waals surface area contributed by atoms with Crippen LogP contribution in [0.4, 0.5) is 0 Å². The van der Waals surface area contributed by atoms with Crippen LogP contribution in [0.5, 0.6) is 0 Å². The lowest BCUT2D eigenvalue weighted by Crippen LogP contribution is -2.56. The van der Waals surface area contributed by atoms with Gasteiger partial charge in [-0.3, -0.25) is 4.79 Å². The minimum absolute atomic E-state index is 0.159. The Morgan fingerprint density at radius 2 is 1.76 bits per heavy atom. The summed E-state index contributed by atoms with van der Waals surface area (Å²) >= 11 is 0. The highest BCUT2D eigenvalue weighted by Crippen LogP contribution is 2.21. The van der Waals surface area contributed by atoms with Crippen LogP contribution in [-0.2, 0) is 27.4 Å². The molecule has 0 aliphatic heterocycles. The predicted molar refractivity (Wildman–Crippen MR) is 113 cm³/mol. The van der Waals surface area contributed by atoms with Gasteiger partial charge in [0.15, 0.2) is 0 Å². The summed E-state index contributed by atoms with van der Waals surface area (Å²) in [4.78, 5) is 30.1. The van der Waals surface area contributed by atoms with E-state index in [0.29, 0.717) is 6.42 Å². The van der Waals surface area contributed by atoms with E-state index in [1.54, 1.807) is 20.9 Å². The van der Waals surface area contributed by atoms with Crippen LogP contribution in [0.1, 0.15) is 25.0 Å². The zero-order valence-corrected chi connectivity index (χ0v) is 17.0. The Kier molecular flexibility index (Phi) is 6.03. The topological polar surface area (TPSA) is 88.4 Å². The molecule has 6 heteroatoms. The van der Waals surface area contributed by atoms with Crippen molar-refractivity contribution in [2.24, 2.45) is 5.73 Å². The quantitative estimate of drug-likeness (QED) is 0.604. The predicted octanol–water partition coefficient (Wildman–Crippen LogP) is 3.02. The molecule has 2 aromatic carbocycles. The van der Waals surface area contributed by atoms with Gasteiger partial charge in [0, 0.05) is 24.1 Å². The number of fused-ring (bicyclic) bond motifs is 1. The second kappa shape index (κ2) is 8.49. The summed E-state index contributed by atoms with van der Waals surface area (Å²) in [5.41, 5.74) is 7.93. The number of aromatic amines is 1. The Labute approximate surface area is 170 Å². The molecule has 0 unspecified atom stereocenters. The number of para-hydroxylation sites is 1. The van der Waals surface area contributed by atoms with E-state index in [1.807, 2.05) is 60.8 Å². The first-order valence-electron chi connectivity index (χ1n) is 9.60. The van der Waals surface area contributed by atoms with Gasteiger partial charge in [-0.25, -0.2) is 4.79 Å². The summed E-state index contributed by atoms with van der Waals surface area (Å²) in [6, 6.07) is 16.5. The molecule has 1 amide bonds. The maximum absolute atomic E-state index is 12.9. The fourth-order valence-electron chi connectivity index (χ4n) is 3.19. The average molecular weight is 393 g/mol. The number of likely N-dealkylation sites (N-methyl/N-ethyl adjacent to an activating group) is 1. The Hall–Kier alpha value is -3.12. The first kappa shape index (κ1) is 20.6. The van der Waals surface area contributed by atoms with Crippen LogP contribution in [0.25, 0.3) is 10.9 Å². The van der Waals surface area contributed by atoms with Crippen LogP contribution in [0.15, 0.2) is 60.8 Å². The number of nitrogens with two attached hydrogens (primary N) is 1. The highest BCUT2D eigenvalue weighted by atomic mass is 16.5. The fourth-order valence-corrected chi connectivity index (χ4v) is 3.19. The van der Waals surface area contributed by atoms with Crippen LogP contribution < -0.4 is 5.73 Å². The van der Waals surface area contributed by atoms with Crippen molar-refractivity contribution >= 4 is 22.8 Å². The minimum atomic E-state index is -1.14. The van der Waals surface area contributed by atoms with E-state index in [1.165, 1.54) is 4.90 Å². The molecule has 0 aliphatic carbocycles. The molecule has 29 heavy (non-hydrogen) atoms. The molecule has 0 bridgehead atoms. The van der Waals surface area contributed by atoms with Crippen LogP contribution >= 0.6 is 0 Å². The maximum atomic E-state index is 12.9. The van der Waals surface area contributed by atoms with Crippen molar-refractivity contribution < 1.29 is 14.3 Å². The van der Waals surface area contributed by atoms with Crippen molar-refractivity contribution in [1.29, 1.82) is 0 Å². The van der Waals surface area contributed by atoms with Gasteiger partial charge in [0.2, 0.25) is 5.91 Å². The van der Waals surface area contributed by atoms with Crippen LogP contribution in [0.2, 0.25) is 0 Å². The van der Waals surface area contributed by atoms with E-state index in [-0.39, 0.29) is 12.5 Å². The Morgan fingerprint density at radius 1 is 1.10 bits per heavy atom. The fraction of sp³-hybridized carbons (Fsp3) is 0.304. The van der Waals surface area contributed by atoms with Gasteiger partial charge in [0.1, 0.15) is 12.1 Å².